The number of rotatable bonds is 3. The highest BCUT2D eigenvalue weighted by Crippen LogP contribution is 2.66. The third kappa shape index (κ3) is 2.07. The molecular formula is C17H23NO3. The molecule has 4 nitrogen and oxygen atoms in total. The summed E-state index contributed by atoms with van der Waals surface area (Å²) in [6, 6.07) is 3.29. The van der Waals surface area contributed by atoms with E-state index in [9.17, 15) is 4.79 Å². The van der Waals surface area contributed by atoms with Crippen molar-refractivity contribution in [1.82, 2.24) is 0 Å². The highest BCUT2D eigenvalue weighted by molar-refractivity contribution is 5.84. The van der Waals surface area contributed by atoms with E-state index in [0.29, 0.717) is 16.7 Å². The highest BCUT2D eigenvalue weighted by atomic mass is 16.4. The molecular weight excluding hydrogens is 266 g/mol. The second kappa shape index (κ2) is 3.84. The fourth-order valence-corrected chi connectivity index (χ4v) is 6.37. The molecule has 2 atom stereocenters. The van der Waals surface area contributed by atoms with Crippen LogP contribution in [0.15, 0.2) is 16.5 Å². The SMILES string of the molecule is CC12CC3CC(C)(C1)CC(Nc1ccc(C(=O)O)o1)(C3)C2. The van der Waals surface area contributed by atoms with Gasteiger partial charge in [0.05, 0.1) is 0 Å². The summed E-state index contributed by atoms with van der Waals surface area (Å²) in [6.45, 7) is 4.86. The average molecular weight is 289 g/mol. The topological polar surface area (TPSA) is 62.5 Å². The van der Waals surface area contributed by atoms with Crippen molar-refractivity contribution in [1.29, 1.82) is 0 Å². The van der Waals surface area contributed by atoms with Crippen molar-refractivity contribution in [2.24, 2.45) is 16.7 Å². The molecule has 4 fully saturated rings. The van der Waals surface area contributed by atoms with Gasteiger partial charge >= 0.3 is 5.97 Å². The van der Waals surface area contributed by atoms with Crippen LogP contribution < -0.4 is 5.32 Å². The van der Waals surface area contributed by atoms with Crippen molar-refractivity contribution in [2.75, 3.05) is 5.32 Å². The molecule has 2 unspecified atom stereocenters. The number of furan rings is 1. The van der Waals surface area contributed by atoms with E-state index in [2.05, 4.69) is 19.2 Å². The summed E-state index contributed by atoms with van der Waals surface area (Å²) < 4.78 is 5.44. The summed E-state index contributed by atoms with van der Waals surface area (Å²) in [7, 11) is 0. The lowest BCUT2D eigenvalue weighted by Crippen LogP contribution is -2.61. The lowest BCUT2D eigenvalue weighted by atomic mass is 9.43. The lowest BCUT2D eigenvalue weighted by Gasteiger charge is -2.65. The molecule has 114 valence electrons. The maximum absolute atomic E-state index is 11.0. The molecule has 4 heteroatoms. The van der Waals surface area contributed by atoms with E-state index >= 15 is 0 Å². The number of hydrogen-bond donors (Lipinski definition) is 2. The Morgan fingerprint density at radius 2 is 1.86 bits per heavy atom. The van der Waals surface area contributed by atoms with E-state index in [1.165, 1.54) is 44.6 Å². The van der Waals surface area contributed by atoms with Crippen LogP contribution in [0.3, 0.4) is 0 Å². The molecule has 0 saturated heterocycles. The molecule has 0 spiro atoms. The van der Waals surface area contributed by atoms with Gasteiger partial charge in [-0.25, -0.2) is 4.79 Å². The molecule has 0 aliphatic heterocycles. The van der Waals surface area contributed by atoms with Gasteiger partial charge in [0.1, 0.15) is 0 Å². The van der Waals surface area contributed by atoms with Gasteiger partial charge in [-0.15, -0.1) is 0 Å². The Hall–Kier alpha value is -1.45. The summed E-state index contributed by atoms with van der Waals surface area (Å²) in [5.41, 5.74) is 0.962. The van der Waals surface area contributed by atoms with Crippen molar-refractivity contribution >= 4 is 11.9 Å². The van der Waals surface area contributed by atoms with E-state index in [1.807, 2.05) is 0 Å². The highest BCUT2D eigenvalue weighted by Gasteiger charge is 2.60. The van der Waals surface area contributed by atoms with Gasteiger partial charge in [-0.3, -0.25) is 0 Å². The van der Waals surface area contributed by atoms with E-state index in [1.54, 1.807) is 6.07 Å². The zero-order valence-corrected chi connectivity index (χ0v) is 12.7. The van der Waals surface area contributed by atoms with Crippen LogP contribution in [0.1, 0.15) is 62.9 Å². The van der Waals surface area contributed by atoms with Crippen LogP contribution in [0.25, 0.3) is 0 Å². The largest absolute Gasteiger partial charge is 0.475 e. The van der Waals surface area contributed by atoms with E-state index in [4.69, 9.17) is 9.52 Å². The predicted octanol–water partition coefficient (Wildman–Crippen LogP) is 4.14. The van der Waals surface area contributed by atoms with Crippen LogP contribution in [0.2, 0.25) is 0 Å². The smallest absolute Gasteiger partial charge is 0.371 e. The number of anilines is 1. The molecule has 4 aliphatic rings. The van der Waals surface area contributed by atoms with Gasteiger partial charge in [0.25, 0.3) is 0 Å². The van der Waals surface area contributed by atoms with Gasteiger partial charge in [-0.2, -0.15) is 0 Å². The van der Waals surface area contributed by atoms with E-state index in [0.717, 1.165) is 5.92 Å². The quantitative estimate of drug-likeness (QED) is 0.878. The van der Waals surface area contributed by atoms with Gasteiger partial charge in [0, 0.05) is 11.6 Å². The Morgan fingerprint density at radius 3 is 2.38 bits per heavy atom. The fraction of sp³-hybridized carbons (Fsp3) is 0.706. The first-order chi connectivity index (χ1) is 9.79. The third-order valence-corrected chi connectivity index (χ3v) is 5.83. The number of aromatic carboxylic acids is 1. The van der Waals surface area contributed by atoms with Gasteiger partial charge in [0.15, 0.2) is 5.88 Å². The Bertz CT molecular complexity index is 587. The molecule has 0 aromatic carbocycles. The predicted molar refractivity (Wildman–Crippen MR) is 79.4 cm³/mol. The molecule has 5 rings (SSSR count). The average Bonchev–Trinajstić information content (AvgIpc) is 2.71. The number of carboxylic acids is 1. The molecule has 1 aromatic heterocycles. The van der Waals surface area contributed by atoms with Crippen LogP contribution in [-0.4, -0.2) is 16.6 Å². The molecule has 2 N–H and O–H groups in total. The van der Waals surface area contributed by atoms with E-state index < -0.39 is 5.97 Å². The second-order valence-corrected chi connectivity index (χ2v) is 8.50. The fourth-order valence-electron chi connectivity index (χ4n) is 6.37. The monoisotopic (exact) mass is 289 g/mol. The molecule has 4 aliphatic carbocycles. The first-order valence-electron chi connectivity index (χ1n) is 7.90. The molecule has 0 radical (unpaired) electrons. The normalized spacial score (nSPS) is 44.0. The van der Waals surface area contributed by atoms with Crippen LogP contribution in [0.4, 0.5) is 5.88 Å². The molecule has 4 bridgehead atoms. The zero-order valence-electron chi connectivity index (χ0n) is 12.7. The number of carboxylic acid groups (broad SMARTS) is 1. The molecule has 1 aromatic rings. The summed E-state index contributed by atoms with van der Waals surface area (Å²) in [4.78, 5) is 11.0. The Labute approximate surface area is 124 Å². The van der Waals surface area contributed by atoms with Crippen molar-refractivity contribution in [3.8, 4) is 0 Å². The maximum atomic E-state index is 11.0. The second-order valence-electron chi connectivity index (χ2n) is 8.50. The summed E-state index contributed by atoms with van der Waals surface area (Å²) in [5, 5.41) is 12.6. The number of carbonyl (C=O) groups is 1. The van der Waals surface area contributed by atoms with Gasteiger partial charge in [0.2, 0.25) is 5.76 Å². The summed E-state index contributed by atoms with van der Waals surface area (Å²) in [5.74, 6) is 0.423. The van der Waals surface area contributed by atoms with Gasteiger partial charge in [-0.1, -0.05) is 13.8 Å². The van der Waals surface area contributed by atoms with Crippen molar-refractivity contribution in [2.45, 2.75) is 57.9 Å². The molecule has 1 heterocycles. The molecule has 21 heavy (non-hydrogen) atoms. The molecule has 0 amide bonds. The van der Waals surface area contributed by atoms with Crippen molar-refractivity contribution < 1.29 is 14.3 Å². The number of hydrogen-bond acceptors (Lipinski definition) is 3. The van der Waals surface area contributed by atoms with Crippen LogP contribution >= 0.6 is 0 Å². The lowest BCUT2D eigenvalue weighted by molar-refractivity contribution is -0.0977. The van der Waals surface area contributed by atoms with Crippen molar-refractivity contribution in [3.05, 3.63) is 17.9 Å². The Morgan fingerprint density at radius 1 is 1.19 bits per heavy atom. The first-order valence-corrected chi connectivity index (χ1v) is 7.90. The minimum atomic E-state index is -1.01. The standard InChI is InChI=1S/C17H23NO3/c1-15-5-11-6-16(2,8-15)10-17(7-11,9-15)18-13-4-3-12(21-13)14(19)20/h3-4,11,18H,5-10H2,1-2H3,(H,19,20). The van der Waals surface area contributed by atoms with Crippen LogP contribution in [0, 0.1) is 16.7 Å². The molecule has 4 saturated carbocycles. The summed E-state index contributed by atoms with van der Waals surface area (Å²) in [6.07, 6.45) is 7.58. The van der Waals surface area contributed by atoms with Gasteiger partial charge in [-0.05, 0) is 61.3 Å². The minimum Gasteiger partial charge on any atom is -0.475 e. The van der Waals surface area contributed by atoms with Crippen LogP contribution in [0.5, 0.6) is 0 Å². The Balaban J connectivity index is 1.63. The first kappa shape index (κ1) is 13.2. The van der Waals surface area contributed by atoms with E-state index in [-0.39, 0.29) is 11.3 Å². The van der Waals surface area contributed by atoms with Crippen LogP contribution in [-0.2, 0) is 0 Å². The van der Waals surface area contributed by atoms with Crippen molar-refractivity contribution in [3.63, 3.8) is 0 Å². The van der Waals surface area contributed by atoms with Gasteiger partial charge < -0.3 is 14.8 Å². The zero-order chi connectivity index (χ0) is 14.9. The minimum absolute atomic E-state index is 0.0136. The third-order valence-electron chi connectivity index (χ3n) is 5.83. The maximum Gasteiger partial charge on any atom is 0.371 e. The number of nitrogens with one attached hydrogen (secondary N) is 1. The summed E-state index contributed by atoms with van der Waals surface area (Å²) >= 11 is 0. The Kier molecular flexibility index (Phi) is 2.42.